The standard InChI is InChI=1S/C8H10N4S/c1-5(9)11-8(13)7-3-4-10-6(2)12-7/h3-4H,1-2H3,(H2,9,11,13). The molecule has 0 saturated heterocycles. The summed E-state index contributed by atoms with van der Waals surface area (Å²) in [6.07, 6.45) is 1.64. The first-order valence-electron chi connectivity index (χ1n) is 3.74. The highest BCUT2D eigenvalue weighted by Crippen LogP contribution is 1.98. The Morgan fingerprint density at radius 2 is 2.31 bits per heavy atom. The van der Waals surface area contributed by atoms with E-state index in [1.807, 2.05) is 0 Å². The number of nitrogens with two attached hydrogens (primary N) is 1. The summed E-state index contributed by atoms with van der Waals surface area (Å²) in [5.74, 6) is 1.10. The molecular formula is C8H10N4S. The summed E-state index contributed by atoms with van der Waals surface area (Å²) in [7, 11) is 0. The minimum absolute atomic E-state index is 0.394. The molecule has 68 valence electrons. The molecule has 0 aliphatic heterocycles. The normalized spacial score (nSPS) is 11.4. The number of hydrogen-bond donors (Lipinski definition) is 1. The van der Waals surface area contributed by atoms with E-state index in [0.717, 1.165) is 0 Å². The third-order valence-electron chi connectivity index (χ3n) is 1.27. The summed E-state index contributed by atoms with van der Waals surface area (Å²) in [5, 5.41) is 0. The van der Waals surface area contributed by atoms with Crippen LogP contribution in [-0.4, -0.2) is 20.8 Å². The van der Waals surface area contributed by atoms with Gasteiger partial charge in [-0.15, -0.1) is 0 Å². The van der Waals surface area contributed by atoms with E-state index in [2.05, 4.69) is 15.0 Å². The van der Waals surface area contributed by atoms with Crippen molar-refractivity contribution < 1.29 is 0 Å². The Kier molecular flexibility index (Phi) is 3.02. The number of thiocarbonyl (C=S) groups is 1. The third kappa shape index (κ3) is 2.87. The van der Waals surface area contributed by atoms with Gasteiger partial charge in [-0.25, -0.2) is 15.0 Å². The molecule has 0 saturated carbocycles. The third-order valence-corrected chi connectivity index (χ3v) is 1.57. The van der Waals surface area contributed by atoms with Crippen molar-refractivity contribution in [3.05, 3.63) is 23.8 Å². The molecule has 0 fully saturated rings. The van der Waals surface area contributed by atoms with Crippen LogP contribution in [0.5, 0.6) is 0 Å². The predicted molar refractivity (Wildman–Crippen MR) is 55.8 cm³/mol. The van der Waals surface area contributed by atoms with E-state index >= 15 is 0 Å². The van der Waals surface area contributed by atoms with Crippen LogP contribution in [0.4, 0.5) is 0 Å². The highest BCUT2D eigenvalue weighted by Gasteiger charge is 2.00. The summed E-state index contributed by atoms with van der Waals surface area (Å²) in [4.78, 5) is 12.4. The monoisotopic (exact) mass is 194 g/mol. The molecule has 13 heavy (non-hydrogen) atoms. The highest BCUT2D eigenvalue weighted by molar-refractivity contribution is 7.80. The lowest BCUT2D eigenvalue weighted by Crippen LogP contribution is -2.10. The fraction of sp³-hybridized carbons (Fsp3) is 0.250. The van der Waals surface area contributed by atoms with E-state index in [-0.39, 0.29) is 0 Å². The van der Waals surface area contributed by atoms with E-state index in [0.29, 0.717) is 22.3 Å². The predicted octanol–water partition coefficient (Wildman–Crippen LogP) is 0.838. The summed E-state index contributed by atoms with van der Waals surface area (Å²) < 4.78 is 0. The summed E-state index contributed by atoms with van der Waals surface area (Å²) >= 11 is 5.00. The second-order valence-electron chi connectivity index (χ2n) is 2.55. The van der Waals surface area contributed by atoms with Crippen LogP contribution in [0, 0.1) is 6.92 Å². The zero-order valence-corrected chi connectivity index (χ0v) is 8.30. The van der Waals surface area contributed by atoms with Crippen molar-refractivity contribution in [2.45, 2.75) is 13.8 Å². The molecule has 0 spiro atoms. The van der Waals surface area contributed by atoms with Crippen molar-refractivity contribution in [1.29, 1.82) is 0 Å². The molecule has 1 rings (SSSR count). The van der Waals surface area contributed by atoms with Gasteiger partial charge < -0.3 is 5.73 Å². The van der Waals surface area contributed by atoms with Crippen molar-refractivity contribution in [3.63, 3.8) is 0 Å². The molecule has 0 aromatic carbocycles. The molecule has 0 bridgehead atoms. The van der Waals surface area contributed by atoms with Crippen molar-refractivity contribution in [1.82, 2.24) is 9.97 Å². The van der Waals surface area contributed by atoms with Crippen LogP contribution in [0.3, 0.4) is 0 Å². The number of rotatable bonds is 1. The van der Waals surface area contributed by atoms with E-state index in [1.165, 1.54) is 0 Å². The second kappa shape index (κ2) is 4.04. The largest absolute Gasteiger partial charge is 0.387 e. The molecular weight excluding hydrogens is 184 g/mol. The molecule has 2 N–H and O–H groups in total. The van der Waals surface area contributed by atoms with Crippen LogP contribution in [0.25, 0.3) is 0 Å². The number of hydrogen-bond acceptors (Lipinski definition) is 3. The van der Waals surface area contributed by atoms with Crippen molar-refractivity contribution in [3.8, 4) is 0 Å². The zero-order chi connectivity index (χ0) is 9.84. The van der Waals surface area contributed by atoms with E-state index in [4.69, 9.17) is 18.0 Å². The van der Waals surface area contributed by atoms with Crippen LogP contribution in [-0.2, 0) is 0 Å². The van der Waals surface area contributed by atoms with Gasteiger partial charge >= 0.3 is 0 Å². The van der Waals surface area contributed by atoms with Gasteiger partial charge in [-0.2, -0.15) is 0 Å². The maximum absolute atomic E-state index is 5.39. The average molecular weight is 194 g/mol. The Balaban J connectivity index is 2.96. The van der Waals surface area contributed by atoms with E-state index in [9.17, 15) is 0 Å². The fourth-order valence-corrected chi connectivity index (χ4v) is 1.05. The quantitative estimate of drug-likeness (QED) is 0.409. The lowest BCUT2D eigenvalue weighted by molar-refractivity contribution is 1.04. The molecule has 0 atom stereocenters. The van der Waals surface area contributed by atoms with Gasteiger partial charge in [0.05, 0.1) is 5.84 Å². The van der Waals surface area contributed by atoms with Crippen LogP contribution >= 0.6 is 12.2 Å². The number of aryl methyl sites for hydroxylation is 1. The van der Waals surface area contributed by atoms with E-state index < -0.39 is 0 Å². The smallest absolute Gasteiger partial charge is 0.153 e. The molecule has 0 unspecified atom stereocenters. The molecule has 5 heteroatoms. The van der Waals surface area contributed by atoms with Crippen molar-refractivity contribution >= 4 is 23.0 Å². The summed E-state index contributed by atoms with van der Waals surface area (Å²) in [6, 6.07) is 1.71. The van der Waals surface area contributed by atoms with Crippen LogP contribution < -0.4 is 5.73 Å². The Morgan fingerprint density at radius 3 is 2.85 bits per heavy atom. The Morgan fingerprint density at radius 1 is 1.62 bits per heavy atom. The number of amidine groups is 1. The second-order valence-corrected chi connectivity index (χ2v) is 2.93. The molecule has 4 nitrogen and oxygen atoms in total. The van der Waals surface area contributed by atoms with E-state index in [1.54, 1.807) is 26.1 Å². The van der Waals surface area contributed by atoms with Gasteiger partial charge in [-0.1, -0.05) is 12.2 Å². The Hall–Kier alpha value is -1.36. The maximum Gasteiger partial charge on any atom is 0.153 e. The molecule has 1 aromatic rings. The Labute approximate surface area is 81.9 Å². The van der Waals surface area contributed by atoms with Crippen LogP contribution in [0.2, 0.25) is 0 Å². The number of aliphatic imine (C=N–C) groups is 1. The highest BCUT2D eigenvalue weighted by atomic mass is 32.1. The average Bonchev–Trinajstić information content (AvgIpc) is 2.03. The van der Waals surface area contributed by atoms with Crippen LogP contribution in [0.15, 0.2) is 17.3 Å². The van der Waals surface area contributed by atoms with Gasteiger partial charge in [0.15, 0.2) is 4.99 Å². The van der Waals surface area contributed by atoms with Crippen molar-refractivity contribution in [2.24, 2.45) is 10.7 Å². The molecule has 0 aliphatic carbocycles. The maximum atomic E-state index is 5.39. The molecule has 0 radical (unpaired) electrons. The summed E-state index contributed by atoms with van der Waals surface area (Å²) in [6.45, 7) is 3.48. The lowest BCUT2D eigenvalue weighted by Gasteiger charge is -1.98. The van der Waals surface area contributed by atoms with Gasteiger partial charge in [0.2, 0.25) is 0 Å². The fourth-order valence-electron chi connectivity index (χ4n) is 0.793. The lowest BCUT2D eigenvalue weighted by atomic mass is 10.4. The number of nitrogens with zero attached hydrogens (tertiary/aromatic N) is 3. The molecule has 0 amide bonds. The van der Waals surface area contributed by atoms with Gasteiger partial charge in [0.25, 0.3) is 0 Å². The van der Waals surface area contributed by atoms with Gasteiger partial charge in [0, 0.05) is 6.20 Å². The zero-order valence-electron chi connectivity index (χ0n) is 7.48. The first-order chi connectivity index (χ1) is 6.09. The van der Waals surface area contributed by atoms with Crippen molar-refractivity contribution in [2.75, 3.05) is 0 Å². The molecule has 0 aliphatic rings. The first kappa shape index (κ1) is 9.73. The molecule has 1 heterocycles. The minimum atomic E-state index is 0.394. The number of aromatic nitrogens is 2. The minimum Gasteiger partial charge on any atom is -0.387 e. The summed E-state index contributed by atoms with van der Waals surface area (Å²) in [5.41, 5.74) is 6.02. The Bertz CT molecular complexity index is 355. The van der Waals surface area contributed by atoms with Gasteiger partial charge in [-0.05, 0) is 19.9 Å². The topological polar surface area (TPSA) is 64.2 Å². The first-order valence-corrected chi connectivity index (χ1v) is 4.15. The molecule has 1 aromatic heterocycles. The SMILES string of the molecule is CC(N)=NC(=S)c1ccnc(C)n1. The van der Waals surface area contributed by atoms with Gasteiger partial charge in [-0.3, -0.25) is 0 Å². The van der Waals surface area contributed by atoms with Gasteiger partial charge in [0.1, 0.15) is 11.5 Å². The van der Waals surface area contributed by atoms with Crippen LogP contribution in [0.1, 0.15) is 18.4 Å².